The minimum atomic E-state index is -0.663. The van der Waals surface area contributed by atoms with E-state index in [1.54, 1.807) is 12.3 Å². The van der Waals surface area contributed by atoms with E-state index in [1.807, 2.05) is 57.2 Å². The summed E-state index contributed by atoms with van der Waals surface area (Å²) in [5, 5.41) is 16.4. The smallest absolute Gasteiger partial charge is 0.223 e. The normalized spacial score (nSPS) is 14.6. The number of Topliss-reactive ketones (excluding diaryl/α,β-unsaturated/α-hetero) is 1. The predicted molar refractivity (Wildman–Crippen MR) is 157 cm³/mol. The molecule has 1 aliphatic rings. The van der Waals surface area contributed by atoms with Gasteiger partial charge in [-0.3, -0.25) is 4.79 Å². The van der Waals surface area contributed by atoms with Gasteiger partial charge in [0.15, 0.2) is 11.6 Å². The number of nitrogens with one attached hydrogen (secondary N) is 2. The summed E-state index contributed by atoms with van der Waals surface area (Å²) < 4.78 is 0. The van der Waals surface area contributed by atoms with E-state index in [1.165, 1.54) is 6.33 Å². The molecule has 1 saturated heterocycles. The van der Waals surface area contributed by atoms with Gasteiger partial charge in [-0.1, -0.05) is 30.3 Å². The molecule has 4 aromatic rings. The van der Waals surface area contributed by atoms with Crippen LogP contribution in [0.1, 0.15) is 53.7 Å². The van der Waals surface area contributed by atoms with Crippen LogP contribution in [0.4, 0.5) is 17.5 Å². The van der Waals surface area contributed by atoms with E-state index in [0.29, 0.717) is 34.4 Å². The number of hydrogen-bond acceptors (Lipinski definition) is 9. The first-order valence-electron chi connectivity index (χ1n) is 13.6. The van der Waals surface area contributed by atoms with Gasteiger partial charge < -0.3 is 15.5 Å². The molecule has 2 N–H and O–H groups in total. The SMILES string of the molecule is Cc1ccc(CC(=O)c2cccc(C(C)(C)C#N)c2)cc1Nc1ncnc2cnc(NC3CCN(C)CC3)nc12. The van der Waals surface area contributed by atoms with Gasteiger partial charge in [0.05, 0.1) is 17.7 Å². The monoisotopic (exact) mass is 534 g/mol. The van der Waals surface area contributed by atoms with Crippen LogP contribution in [-0.2, 0) is 11.8 Å². The van der Waals surface area contributed by atoms with Crippen molar-refractivity contribution in [3.63, 3.8) is 0 Å². The number of benzene rings is 2. The minimum Gasteiger partial charge on any atom is -0.351 e. The van der Waals surface area contributed by atoms with Crippen molar-refractivity contribution >= 4 is 34.3 Å². The highest BCUT2D eigenvalue weighted by Gasteiger charge is 2.21. The third-order valence-corrected chi connectivity index (χ3v) is 7.53. The largest absolute Gasteiger partial charge is 0.351 e. The summed E-state index contributed by atoms with van der Waals surface area (Å²) in [7, 11) is 2.14. The van der Waals surface area contributed by atoms with Crippen molar-refractivity contribution in [1.29, 1.82) is 5.26 Å². The molecule has 204 valence electrons. The summed E-state index contributed by atoms with van der Waals surface area (Å²) in [5.41, 5.74) is 4.77. The van der Waals surface area contributed by atoms with E-state index in [9.17, 15) is 10.1 Å². The molecule has 2 aromatic heterocycles. The number of piperidine rings is 1. The van der Waals surface area contributed by atoms with Crippen molar-refractivity contribution in [1.82, 2.24) is 24.8 Å². The van der Waals surface area contributed by atoms with E-state index in [2.05, 4.69) is 43.6 Å². The topological polar surface area (TPSA) is 120 Å². The van der Waals surface area contributed by atoms with Crippen LogP contribution in [0.25, 0.3) is 11.0 Å². The number of ketones is 1. The summed E-state index contributed by atoms with van der Waals surface area (Å²) in [6.45, 7) is 7.80. The fourth-order valence-corrected chi connectivity index (χ4v) is 4.83. The molecule has 0 radical (unpaired) electrons. The molecule has 0 unspecified atom stereocenters. The maximum Gasteiger partial charge on any atom is 0.223 e. The Bertz CT molecular complexity index is 1580. The Kier molecular flexibility index (Phi) is 7.71. The number of carbonyl (C=O) groups excluding carboxylic acids is 1. The van der Waals surface area contributed by atoms with Gasteiger partial charge in [-0.25, -0.2) is 19.9 Å². The van der Waals surface area contributed by atoms with Crippen molar-refractivity contribution < 1.29 is 4.79 Å². The molecule has 1 aliphatic heterocycles. The molecule has 0 aliphatic carbocycles. The quantitative estimate of drug-likeness (QED) is 0.294. The molecule has 0 atom stereocenters. The second kappa shape index (κ2) is 11.4. The first-order chi connectivity index (χ1) is 19.2. The molecule has 40 heavy (non-hydrogen) atoms. The van der Waals surface area contributed by atoms with Crippen LogP contribution in [0.2, 0.25) is 0 Å². The van der Waals surface area contributed by atoms with Crippen molar-refractivity contribution in [3.05, 3.63) is 77.2 Å². The zero-order valence-corrected chi connectivity index (χ0v) is 23.4. The zero-order valence-electron chi connectivity index (χ0n) is 23.4. The first kappa shape index (κ1) is 27.2. The van der Waals surface area contributed by atoms with E-state index < -0.39 is 5.41 Å². The lowest BCUT2D eigenvalue weighted by Gasteiger charge is -2.29. The van der Waals surface area contributed by atoms with Crippen LogP contribution in [0.3, 0.4) is 0 Å². The summed E-state index contributed by atoms with van der Waals surface area (Å²) in [6.07, 6.45) is 5.54. The van der Waals surface area contributed by atoms with Gasteiger partial charge in [-0.05, 0) is 82.6 Å². The van der Waals surface area contributed by atoms with Gasteiger partial charge in [0, 0.05) is 23.7 Å². The standard InChI is InChI=1S/C31H34N8O/c1-20-8-9-21(15-27(40)22-6-5-7-23(16-22)31(2,3)18-32)14-25(20)37-29-28-26(34-19-35-29)17-33-30(38-28)36-24-10-12-39(4)13-11-24/h5-9,14,16-17,19,24H,10-13,15H2,1-4H3,(H,33,36,38)(H,34,35,37). The third kappa shape index (κ3) is 6.08. The number of fused-ring (bicyclic) bond motifs is 1. The first-order valence-corrected chi connectivity index (χ1v) is 13.6. The molecular weight excluding hydrogens is 500 g/mol. The van der Waals surface area contributed by atoms with Crippen molar-refractivity contribution in [2.75, 3.05) is 30.8 Å². The summed E-state index contributed by atoms with van der Waals surface area (Å²) >= 11 is 0. The van der Waals surface area contributed by atoms with E-state index in [4.69, 9.17) is 4.98 Å². The highest BCUT2D eigenvalue weighted by molar-refractivity contribution is 5.98. The zero-order chi connectivity index (χ0) is 28.3. The predicted octanol–water partition coefficient (Wildman–Crippen LogP) is 5.20. The Balaban J connectivity index is 1.36. The lowest BCUT2D eigenvalue weighted by Crippen LogP contribution is -2.37. The van der Waals surface area contributed by atoms with E-state index >= 15 is 0 Å². The summed E-state index contributed by atoms with van der Waals surface area (Å²) in [6, 6.07) is 15.9. The number of rotatable bonds is 8. The molecule has 0 amide bonds. The van der Waals surface area contributed by atoms with Crippen molar-refractivity contribution in [2.45, 2.75) is 51.5 Å². The molecule has 9 heteroatoms. The van der Waals surface area contributed by atoms with Gasteiger partial charge in [0.1, 0.15) is 17.4 Å². The molecule has 5 rings (SSSR count). The highest BCUT2D eigenvalue weighted by Crippen LogP contribution is 2.27. The van der Waals surface area contributed by atoms with Crippen LogP contribution in [0.5, 0.6) is 0 Å². The van der Waals surface area contributed by atoms with E-state index in [-0.39, 0.29) is 12.2 Å². The lowest BCUT2D eigenvalue weighted by atomic mass is 9.85. The molecule has 0 spiro atoms. The second-order valence-electron chi connectivity index (χ2n) is 11.1. The minimum absolute atomic E-state index is 0.00441. The van der Waals surface area contributed by atoms with Gasteiger partial charge in [0.2, 0.25) is 5.95 Å². The maximum absolute atomic E-state index is 13.2. The van der Waals surface area contributed by atoms with Crippen LogP contribution in [0.15, 0.2) is 55.0 Å². The molecule has 0 saturated carbocycles. The van der Waals surface area contributed by atoms with E-state index in [0.717, 1.165) is 48.3 Å². The van der Waals surface area contributed by atoms with Crippen molar-refractivity contribution in [2.24, 2.45) is 0 Å². The molecular formula is C31H34N8O. The van der Waals surface area contributed by atoms with Crippen LogP contribution < -0.4 is 10.6 Å². The fraction of sp³-hybridized carbons (Fsp3) is 0.355. The highest BCUT2D eigenvalue weighted by atomic mass is 16.1. The average molecular weight is 535 g/mol. The number of anilines is 3. The Morgan fingerprint density at radius 2 is 1.93 bits per heavy atom. The maximum atomic E-state index is 13.2. The molecule has 3 heterocycles. The fourth-order valence-electron chi connectivity index (χ4n) is 4.83. The number of aromatic nitrogens is 4. The Morgan fingerprint density at radius 3 is 2.70 bits per heavy atom. The molecule has 0 bridgehead atoms. The number of likely N-dealkylation sites (tertiary alicyclic amines) is 1. The number of hydrogen-bond donors (Lipinski definition) is 2. The molecule has 1 fully saturated rings. The molecule has 9 nitrogen and oxygen atoms in total. The van der Waals surface area contributed by atoms with Crippen LogP contribution in [0, 0.1) is 18.3 Å². The lowest BCUT2D eigenvalue weighted by molar-refractivity contribution is 0.0993. The average Bonchev–Trinajstić information content (AvgIpc) is 2.96. The summed E-state index contributed by atoms with van der Waals surface area (Å²) in [5.74, 6) is 1.14. The number of aryl methyl sites for hydroxylation is 1. The van der Waals surface area contributed by atoms with Gasteiger partial charge in [-0.15, -0.1) is 0 Å². The van der Waals surface area contributed by atoms with Crippen LogP contribution in [-0.4, -0.2) is 56.8 Å². The van der Waals surface area contributed by atoms with Crippen LogP contribution >= 0.6 is 0 Å². The number of nitriles is 1. The Hall–Kier alpha value is -4.42. The van der Waals surface area contributed by atoms with Gasteiger partial charge >= 0.3 is 0 Å². The number of carbonyl (C=O) groups is 1. The summed E-state index contributed by atoms with van der Waals surface area (Å²) in [4.78, 5) is 33.6. The Morgan fingerprint density at radius 1 is 1.12 bits per heavy atom. The van der Waals surface area contributed by atoms with Gasteiger partial charge in [0.25, 0.3) is 0 Å². The second-order valence-corrected chi connectivity index (χ2v) is 11.1. The Labute approximate surface area is 234 Å². The third-order valence-electron chi connectivity index (χ3n) is 7.53. The molecule has 2 aromatic carbocycles. The number of nitrogens with zero attached hydrogens (tertiary/aromatic N) is 6. The van der Waals surface area contributed by atoms with Gasteiger partial charge in [-0.2, -0.15) is 5.26 Å². The van der Waals surface area contributed by atoms with Crippen molar-refractivity contribution in [3.8, 4) is 6.07 Å².